The average molecular weight is 277 g/mol. The normalized spacial score (nSPS) is 15.8. The Labute approximate surface area is 110 Å². The molecule has 0 amide bonds. The van der Waals surface area contributed by atoms with Gasteiger partial charge < -0.3 is 10.1 Å². The smallest absolute Gasteiger partial charge is 0.314 e. The number of nitrogens with one attached hydrogen (secondary N) is 1. The second-order valence-corrected chi connectivity index (χ2v) is 3.91. The Morgan fingerprint density at radius 3 is 2.67 bits per heavy atom. The van der Waals surface area contributed by atoms with Crippen LogP contribution in [0.5, 0.6) is 5.75 Å². The zero-order valence-corrected chi connectivity index (χ0v) is 10.4. The van der Waals surface area contributed by atoms with E-state index in [0.29, 0.717) is 0 Å². The van der Waals surface area contributed by atoms with Crippen LogP contribution in [0.15, 0.2) is 18.2 Å². The van der Waals surface area contributed by atoms with E-state index in [1.165, 1.54) is 18.2 Å². The third-order valence-corrected chi connectivity index (χ3v) is 2.71. The standard InChI is InChI=1S/C11H13FN2O3.ClH/c12-9-2-1-3-10(14(15)16)11(9)17-8-4-6-13-7-5-8;/h1-3,8,13H,4-7H2;1H. The van der Waals surface area contributed by atoms with Gasteiger partial charge in [0, 0.05) is 6.07 Å². The van der Waals surface area contributed by atoms with Crippen LogP contribution in [0.3, 0.4) is 0 Å². The van der Waals surface area contributed by atoms with Crippen LogP contribution in [0.25, 0.3) is 0 Å². The van der Waals surface area contributed by atoms with Gasteiger partial charge in [-0.3, -0.25) is 10.1 Å². The maximum absolute atomic E-state index is 13.5. The molecule has 0 bridgehead atoms. The van der Waals surface area contributed by atoms with Crippen molar-refractivity contribution >= 4 is 18.1 Å². The third-order valence-electron chi connectivity index (χ3n) is 2.71. The van der Waals surface area contributed by atoms with Gasteiger partial charge in [-0.15, -0.1) is 12.4 Å². The molecule has 1 aliphatic heterocycles. The number of nitro benzene ring substituents is 1. The molecule has 0 atom stereocenters. The molecule has 1 saturated heterocycles. The number of hydrogen-bond acceptors (Lipinski definition) is 4. The molecule has 18 heavy (non-hydrogen) atoms. The number of rotatable bonds is 3. The summed E-state index contributed by atoms with van der Waals surface area (Å²) in [7, 11) is 0. The largest absolute Gasteiger partial charge is 0.481 e. The first-order valence-corrected chi connectivity index (χ1v) is 5.49. The summed E-state index contributed by atoms with van der Waals surface area (Å²) in [6.07, 6.45) is 1.30. The number of hydrogen-bond donors (Lipinski definition) is 1. The quantitative estimate of drug-likeness (QED) is 0.679. The van der Waals surface area contributed by atoms with E-state index < -0.39 is 10.7 Å². The van der Waals surface area contributed by atoms with E-state index in [2.05, 4.69) is 5.32 Å². The van der Waals surface area contributed by atoms with Gasteiger partial charge in [0.15, 0.2) is 5.82 Å². The average Bonchev–Trinajstić information content (AvgIpc) is 2.33. The van der Waals surface area contributed by atoms with Gasteiger partial charge in [0.05, 0.1) is 4.92 Å². The van der Waals surface area contributed by atoms with E-state index in [1.807, 2.05) is 0 Å². The summed E-state index contributed by atoms with van der Waals surface area (Å²) in [5.41, 5.74) is -0.316. The molecule has 0 unspecified atom stereocenters. The summed E-state index contributed by atoms with van der Waals surface area (Å²) in [6, 6.07) is 3.73. The molecule has 0 spiro atoms. The minimum atomic E-state index is -0.683. The third kappa shape index (κ3) is 3.30. The summed E-state index contributed by atoms with van der Waals surface area (Å²) in [6.45, 7) is 1.57. The van der Waals surface area contributed by atoms with E-state index in [1.54, 1.807) is 0 Å². The molecule has 5 nitrogen and oxygen atoms in total. The second-order valence-electron chi connectivity index (χ2n) is 3.91. The monoisotopic (exact) mass is 276 g/mol. The summed E-state index contributed by atoms with van der Waals surface area (Å²) in [5, 5.41) is 13.9. The van der Waals surface area contributed by atoms with Crippen molar-refractivity contribution in [1.29, 1.82) is 0 Å². The molecule has 100 valence electrons. The van der Waals surface area contributed by atoms with Crippen molar-refractivity contribution in [2.24, 2.45) is 0 Å². The van der Waals surface area contributed by atoms with E-state index >= 15 is 0 Å². The first-order chi connectivity index (χ1) is 8.18. The maximum atomic E-state index is 13.5. The Kier molecular flexibility index (Phi) is 5.30. The summed E-state index contributed by atoms with van der Waals surface area (Å²) in [5.74, 6) is -0.929. The minimum Gasteiger partial charge on any atom is -0.481 e. The van der Waals surface area contributed by atoms with Crippen LogP contribution in [0.4, 0.5) is 10.1 Å². The van der Waals surface area contributed by atoms with E-state index in [4.69, 9.17) is 4.74 Å². The fraction of sp³-hybridized carbons (Fsp3) is 0.455. The SMILES string of the molecule is Cl.O=[N+]([O-])c1cccc(F)c1OC1CCNCC1. The molecule has 0 radical (unpaired) electrons. The molecule has 0 saturated carbocycles. The first kappa shape index (κ1) is 14.7. The van der Waals surface area contributed by atoms with Crippen molar-refractivity contribution in [2.45, 2.75) is 18.9 Å². The van der Waals surface area contributed by atoms with Crippen LogP contribution in [0.2, 0.25) is 0 Å². The van der Waals surface area contributed by atoms with Gasteiger partial charge in [0.2, 0.25) is 5.75 Å². The predicted octanol–water partition coefficient (Wildman–Crippen LogP) is 2.29. The van der Waals surface area contributed by atoms with Gasteiger partial charge in [-0.05, 0) is 32.0 Å². The van der Waals surface area contributed by atoms with Crippen LogP contribution in [-0.2, 0) is 0 Å². The highest BCUT2D eigenvalue weighted by Gasteiger charge is 2.23. The Morgan fingerprint density at radius 2 is 2.06 bits per heavy atom. The molecule has 1 N–H and O–H groups in total. The predicted molar refractivity (Wildman–Crippen MR) is 66.8 cm³/mol. The Balaban J connectivity index is 0.00000162. The molecule has 1 fully saturated rings. The zero-order chi connectivity index (χ0) is 12.3. The second kappa shape index (κ2) is 6.51. The molecule has 1 aromatic carbocycles. The lowest BCUT2D eigenvalue weighted by atomic mass is 10.1. The number of piperidine rings is 1. The first-order valence-electron chi connectivity index (χ1n) is 5.49. The molecule has 2 rings (SSSR count). The van der Waals surface area contributed by atoms with Gasteiger partial charge in [0.25, 0.3) is 0 Å². The van der Waals surface area contributed by atoms with Gasteiger partial charge in [-0.25, -0.2) is 4.39 Å². The lowest BCUT2D eigenvalue weighted by Gasteiger charge is -2.23. The molecule has 0 aliphatic carbocycles. The lowest BCUT2D eigenvalue weighted by Crippen LogP contribution is -2.34. The Hall–Kier alpha value is -1.40. The van der Waals surface area contributed by atoms with E-state index in [9.17, 15) is 14.5 Å². The van der Waals surface area contributed by atoms with Crippen molar-refractivity contribution in [1.82, 2.24) is 5.32 Å². The minimum absolute atomic E-state index is 0. The Bertz CT molecular complexity index is 425. The zero-order valence-electron chi connectivity index (χ0n) is 9.60. The fourth-order valence-electron chi connectivity index (χ4n) is 1.84. The Morgan fingerprint density at radius 1 is 1.39 bits per heavy atom. The molecule has 1 aromatic rings. The van der Waals surface area contributed by atoms with Gasteiger partial charge in [-0.2, -0.15) is 0 Å². The number of nitrogens with zero attached hydrogens (tertiary/aromatic N) is 1. The molecular formula is C11H14ClFN2O3. The van der Waals surface area contributed by atoms with Gasteiger partial charge >= 0.3 is 5.69 Å². The molecular weight excluding hydrogens is 263 g/mol. The molecule has 1 aliphatic rings. The fourth-order valence-corrected chi connectivity index (χ4v) is 1.84. The highest BCUT2D eigenvalue weighted by molar-refractivity contribution is 5.85. The van der Waals surface area contributed by atoms with E-state index in [0.717, 1.165) is 25.9 Å². The van der Waals surface area contributed by atoms with Crippen molar-refractivity contribution in [2.75, 3.05) is 13.1 Å². The topological polar surface area (TPSA) is 64.4 Å². The van der Waals surface area contributed by atoms with Crippen LogP contribution >= 0.6 is 12.4 Å². The number of halogens is 2. The lowest BCUT2D eigenvalue weighted by molar-refractivity contribution is -0.386. The van der Waals surface area contributed by atoms with Crippen LogP contribution in [-0.4, -0.2) is 24.1 Å². The van der Waals surface area contributed by atoms with Gasteiger partial charge in [0.1, 0.15) is 6.10 Å². The molecule has 7 heteroatoms. The van der Waals surface area contributed by atoms with Crippen molar-refractivity contribution < 1.29 is 14.1 Å². The molecule has 0 aromatic heterocycles. The number of ether oxygens (including phenoxy) is 1. The van der Waals surface area contributed by atoms with Crippen LogP contribution in [0, 0.1) is 15.9 Å². The molecule has 1 heterocycles. The van der Waals surface area contributed by atoms with Crippen molar-refractivity contribution in [3.8, 4) is 5.75 Å². The summed E-state index contributed by atoms with van der Waals surface area (Å²) >= 11 is 0. The summed E-state index contributed by atoms with van der Waals surface area (Å²) in [4.78, 5) is 10.1. The number of nitro groups is 1. The van der Waals surface area contributed by atoms with Crippen molar-refractivity contribution in [3.05, 3.63) is 34.1 Å². The summed E-state index contributed by atoms with van der Waals surface area (Å²) < 4.78 is 18.9. The van der Waals surface area contributed by atoms with E-state index in [-0.39, 0.29) is 29.9 Å². The highest BCUT2D eigenvalue weighted by atomic mass is 35.5. The highest BCUT2D eigenvalue weighted by Crippen LogP contribution is 2.31. The maximum Gasteiger partial charge on any atom is 0.314 e. The van der Waals surface area contributed by atoms with Crippen LogP contribution in [0.1, 0.15) is 12.8 Å². The number of para-hydroxylation sites is 1. The number of benzene rings is 1. The van der Waals surface area contributed by atoms with Gasteiger partial charge in [-0.1, -0.05) is 6.07 Å². The van der Waals surface area contributed by atoms with Crippen LogP contribution < -0.4 is 10.1 Å². The van der Waals surface area contributed by atoms with Crippen molar-refractivity contribution in [3.63, 3.8) is 0 Å².